The average molecular weight is 167 g/mol. The predicted molar refractivity (Wildman–Crippen MR) is 32.1 cm³/mol. The van der Waals surface area contributed by atoms with E-state index < -0.39 is 18.0 Å². The maximum Gasteiger partial charge on any atom is 0.417 e. The molecule has 0 unspecified atom stereocenters. The van der Waals surface area contributed by atoms with Crippen LogP contribution in [-0.2, 0) is 0 Å². The van der Waals surface area contributed by atoms with Crippen LogP contribution in [0.1, 0.15) is 6.42 Å². The summed E-state index contributed by atoms with van der Waals surface area (Å²) in [5.74, 6) is -1.21. The summed E-state index contributed by atoms with van der Waals surface area (Å²) < 4.78 is 47.8. The van der Waals surface area contributed by atoms with Gasteiger partial charge >= 0.3 is 6.18 Å². The zero-order chi connectivity index (χ0) is 8.48. The van der Waals surface area contributed by atoms with Gasteiger partial charge in [0.1, 0.15) is 5.83 Å². The van der Waals surface area contributed by atoms with Crippen molar-refractivity contribution < 1.29 is 17.6 Å². The van der Waals surface area contributed by atoms with Gasteiger partial charge in [0.2, 0.25) is 0 Å². The summed E-state index contributed by atoms with van der Waals surface area (Å²) in [7, 11) is 0. The van der Waals surface area contributed by atoms with Crippen LogP contribution in [-0.4, -0.2) is 18.4 Å². The van der Waals surface area contributed by atoms with Gasteiger partial charge in [-0.1, -0.05) is 0 Å². The van der Waals surface area contributed by atoms with Crippen LogP contribution in [0.2, 0.25) is 0 Å². The average Bonchev–Trinajstić information content (AvgIpc) is 1.86. The molecular weight excluding hydrogens is 162 g/mol. The van der Waals surface area contributed by atoms with E-state index in [0.29, 0.717) is 0 Å². The Balaban J connectivity index is 2.79. The summed E-state index contributed by atoms with van der Waals surface area (Å²) in [5.41, 5.74) is 0. The third kappa shape index (κ3) is 1.78. The summed E-state index contributed by atoms with van der Waals surface area (Å²) in [6.07, 6.45) is -2.53. The number of hydrogen-bond donors (Lipinski definition) is 0. The first-order valence-electron chi connectivity index (χ1n) is 2.95. The lowest BCUT2D eigenvalue weighted by molar-refractivity contribution is -0.142. The monoisotopic (exact) mass is 167 g/mol. The van der Waals surface area contributed by atoms with E-state index in [1.54, 1.807) is 0 Å². The maximum absolute atomic E-state index is 12.4. The van der Waals surface area contributed by atoms with E-state index >= 15 is 0 Å². The molecule has 1 aliphatic rings. The lowest BCUT2D eigenvalue weighted by Gasteiger charge is -2.16. The van der Waals surface area contributed by atoms with Gasteiger partial charge in [-0.2, -0.15) is 13.2 Å². The molecule has 0 radical (unpaired) electrons. The van der Waals surface area contributed by atoms with Gasteiger partial charge in [0.15, 0.2) is 6.04 Å². The van der Waals surface area contributed by atoms with Crippen molar-refractivity contribution in [3.05, 3.63) is 11.9 Å². The van der Waals surface area contributed by atoms with Gasteiger partial charge in [-0.15, -0.1) is 0 Å². The molecule has 0 amide bonds. The molecule has 5 heteroatoms. The van der Waals surface area contributed by atoms with Crippen molar-refractivity contribution in [3.63, 3.8) is 0 Å². The summed E-state index contributed by atoms with van der Waals surface area (Å²) >= 11 is 0. The molecule has 1 atom stereocenters. The fraction of sp³-hybridized carbons (Fsp3) is 0.500. The van der Waals surface area contributed by atoms with Gasteiger partial charge in [0, 0.05) is 12.6 Å². The molecule has 1 heterocycles. The Bertz CT molecular complexity index is 203. The zero-order valence-corrected chi connectivity index (χ0v) is 5.40. The highest BCUT2D eigenvalue weighted by molar-refractivity contribution is 5.62. The summed E-state index contributed by atoms with van der Waals surface area (Å²) in [6, 6.07) is -2.27. The fourth-order valence-electron chi connectivity index (χ4n) is 0.755. The lowest BCUT2D eigenvalue weighted by atomic mass is 10.2. The summed E-state index contributed by atoms with van der Waals surface area (Å²) in [4.78, 5) is 2.99. The molecule has 0 aliphatic carbocycles. The fourth-order valence-corrected chi connectivity index (χ4v) is 0.755. The van der Waals surface area contributed by atoms with E-state index in [1.807, 2.05) is 0 Å². The van der Waals surface area contributed by atoms with Crippen molar-refractivity contribution in [2.45, 2.75) is 18.6 Å². The number of halogens is 4. The largest absolute Gasteiger partial charge is 0.417 e. The predicted octanol–water partition coefficient (Wildman–Crippen LogP) is 2.25. The Labute approximate surface area is 60.4 Å². The maximum atomic E-state index is 12.4. The molecule has 0 N–H and O–H groups in total. The molecule has 0 saturated heterocycles. The highest BCUT2D eigenvalue weighted by Crippen LogP contribution is 2.30. The Morgan fingerprint density at radius 3 is 2.45 bits per heavy atom. The number of aliphatic imine (C=N–C) groups is 1. The van der Waals surface area contributed by atoms with E-state index in [0.717, 1.165) is 12.3 Å². The Kier molecular flexibility index (Phi) is 1.97. The first-order chi connectivity index (χ1) is 5.02. The highest BCUT2D eigenvalue weighted by Gasteiger charge is 2.43. The first kappa shape index (κ1) is 8.23. The van der Waals surface area contributed by atoms with Crippen LogP contribution >= 0.6 is 0 Å². The molecular formula is C6H5F4N. The van der Waals surface area contributed by atoms with Gasteiger partial charge in [-0.3, -0.25) is 4.99 Å². The van der Waals surface area contributed by atoms with E-state index in [1.165, 1.54) is 0 Å². The molecule has 0 aromatic carbocycles. The Morgan fingerprint density at radius 2 is 2.09 bits per heavy atom. The van der Waals surface area contributed by atoms with Crippen molar-refractivity contribution in [3.8, 4) is 0 Å². The van der Waals surface area contributed by atoms with Crippen molar-refractivity contribution in [2.24, 2.45) is 4.99 Å². The number of dihydropyridines is 1. The number of nitrogens with zero attached hydrogens (tertiary/aromatic N) is 1. The van der Waals surface area contributed by atoms with Gasteiger partial charge in [-0.05, 0) is 6.08 Å². The topological polar surface area (TPSA) is 12.4 Å². The van der Waals surface area contributed by atoms with Crippen molar-refractivity contribution in [1.82, 2.24) is 0 Å². The molecule has 0 saturated carbocycles. The summed E-state index contributed by atoms with van der Waals surface area (Å²) in [5, 5.41) is 0. The zero-order valence-electron chi connectivity index (χ0n) is 5.40. The standard InChI is InChI=1S/C6H5F4N/c7-4-2-1-3-11-5(4)6(8,9)10/h2-3,5H,1H2/t5-/m0/s1. The van der Waals surface area contributed by atoms with Gasteiger partial charge in [0.25, 0.3) is 0 Å². The van der Waals surface area contributed by atoms with E-state index in [-0.39, 0.29) is 6.42 Å². The van der Waals surface area contributed by atoms with Gasteiger partial charge in [0.05, 0.1) is 0 Å². The Hall–Kier alpha value is -0.870. The van der Waals surface area contributed by atoms with Gasteiger partial charge < -0.3 is 0 Å². The molecule has 1 aliphatic heterocycles. The molecule has 0 aromatic heterocycles. The smallest absolute Gasteiger partial charge is 0.277 e. The van der Waals surface area contributed by atoms with Crippen LogP contribution in [0.3, 0.4) is 0 Å². The second-order valence-corrected chi connectivity index (χ2v) is 2.10. The van der Waals surface area contributed by atoms with Crippen LogP contribution in [0.4, 0.5) is 17.6 Å². The lowest BCUT2D eigenvalue weighted by Crippen LogP contribution is -2.29. The SMILES string of the molecule is FC1=CCC=N[C@@H]1C(F)(F)F. The molecule has 0 spiro atoms. The Morgan fingerprint density at radius 1 is 1.45 bits per heavy atom. The van der Waals surface area contributed by atoms with Crippen molar-refractivity contribution >= 4 is 6.21 Å². The molecule has 62 valence electrons. The number of alkyl halides is 3. The minimum absolute atomic E-state index is 0.137. The van der Waals surface area contributed by atoms with E-state index in [4.69, 9.17) is 0 Å². The van der Waals surface area contributed by atoms with E-state index in [9.17, 15) is 17.6 Å². The van der Waals surface area contributed by atoms with Crippen LogP contribution in [0.15, 0.2) is 16.9 Å². The minimum atomic E-state index is -4.60. The number of allylic oxidation sites excluding steroid dienone is 1. The highest BCUT2D eigenvalue weighted by atomic mass is 19.4. The van der Waals surface area contributed by atoms with Crippen LogP contribution < -0.4 is 0 Å². The molecule has 0 aromatic rings. The minimum Gasteiger partial charge on any atom is -0.277 e. The van der Waals surface area contributed by atoms with Crippen molar-refractivity contribution in [1.29, 1.82) is 0 Å². The van der Waals surface area contributed by atoms with Crippen LogP contribution in [0.5, 0.6) is 0 Å². The van der Waals surface area contributed by atoms with Crippen LogP contribution in [0.25, 0.3) is 0 Å². The number of rotatable bonds is 0. The second-order valence-electron chi connectivity index (χ2n) is 2.10. The molecule has 11 heavy (non-hydrogen) atoms. The molecule has 0 fully saturated rings. The van der Waals surface area contributed by atoms with Gasteiger partial charge in [-0.25, -0.2) is 4.39 Å². The molecule has 1 rings (SSSR count). The van der Waals surface area contributed by atoms with E-state index in [2.05, 4.69) is 4.99 Å². The third-order valence-corrected chi connectivity index (χ3v) is 1.24. The quantitative estimate of drug-likeness (QED) is 0.490. The molecule has 1 nitrogen and oxygen atoms in total. The summed E-state index contributed by atoms with van der Waals surface area (Å²) in [6.45, 7) is 0. The third-order valence-electron chi connectivity index (χ3n) is 1.24. The number of hydrogen-bond acceptors (Lipinski definition) is 1. The van der Waals surface area contributed by atoms with Crippen LogP contribution in [0, 0.1) is 0 Å². The first-order valence-corrected chi connectivity index (χ1v) is 2.95. The second kappa shape index (κ2) is 2.64. The van der Waals surface area contributed by atoms with Crippen molar-refractivity contribution in [2.75, 3.05) is 0 Å². The normalized spacial score (nSPS) is 25.1. The molecule has 0 bridgehead atoms.